The minimum Gasteiger partial charge on any atom is -0.455 e. The van der Waals surface area contributed by atoms with Gasteiger partial charge in [-0.15, -0.1) is 0 Å². The third-order valence-electron chi connectivity index (χ3n) is 10.7. The quantitative estimate of drug-likeness (QED) is 0.162. The average molecular weight is 705 g/mol. The Kier molecular flexibility index (Phi) is 7.14. The molecule has 0 saturated carbocycles. The number of oxazole rings is 1. The highest BCUT2D eigenvalue weighted by atomic mass is 16.4. The monoisotopic (exact) mass is 704 g/mol. The maximum Gasteiger partial charge on any atom is 0.227 e. The third-order valence-corrected chi connectivity index (χ3v) is 10.7. The van der Waals surface area contributed by atoms with Crippen LogP contribution in [0.15, 0.2) is 203 Å². The summed E-state index contributed by atoms with van der Waals surface area (Å²) in [7, 11) is 0. The van der Waals surface area contributed by atoms with Crippen LogP contribution in [0.2, 0.25) is 0 Å². The largest absolute Gasteiger partial charge is 0.455 e. The molecule has 11 aromatic rings. The first-order valence-electron chi connectivity index (χ1n) is 18.5. The van der Waals surface area contributed by atoms with E-state index in [4.69, 9.17) is 13.8 Å². The molecule has 2 heterocycles. The van der Waals surface area contributed by atoms with Crippen molar-refractivity contribution in [2.75, 3.05) is 4.90 Å². The molecule has 0 spiro atoms. The number of fused-ring (bicyclic) bond motifs is 7. The minimum absolute atomic E-state index is 0.581. The van der Waals surface area contributed by atoms with Crippen LogP contribution in [0.4, 0.5) is 17.1 Å². The van der Waals surface area contributed by atoms with Crippen molar-refractivity contribution in [3.63, 3.8) is 0 Å². The number of hydrogen-bond donors (Lipinski definition) is 0. The second kappa shape index (κ2) is 12.6. The number of anilines is 3. The molecular formula is C51H32N2O2. The Hall–Kier alpha value is -7.43. The summed E-state index contributed by atoms with van der Waals surface area (Å²) in [6.45, 7) is 0. The van der Waals surface area contributed by atoms with Crippen LogP contribution >= 0.6 is 0 Å². The molecule has 0 N–H and O–H groups in total. The second-order valence-corrected chi connectivity index (χ2v) is 13.9. The minimum atomic E-state index is 0.581. The van der Waals surface area contributed by atoms with Gasteiger partial charge in [0.1, 0.15) is 16.7 Å². The number of aromatic nitrogens is 1. The highest BCUT2D eigenvalue weighted by Gasteiger charge is 2.23. The van der Waals surface area contributed by atoms with Crippen LogP contribution in [0, 0.1) is 0 Å². The maximum absolute atomic E-state index is 6.63. The molecule has 4 nitrogen and oxygen atoms in total. The SMILES string of the molecule is c1ccc(-c2nc3c(-c4ccc(N(c5ccc6ccc7ccccc7c6c5)c5ccccc5-c5ccccc5)cc4)c4oc5ccccc5c4cc3o2)cc1. The third kappa shape index (κ3) is 5.19. The summed E-state index contributed by atoms with van der Waals surface area (Å²) in [5, 5.41) is 6.93. The topological polar surface area (TPSA) is 42.4 Å². The van der Waals surface area contributed by atoms with Gasteiger partial charge in [-0.3, -0.25) is 0 Å². The van der Waals surface area contributed by atoms with Gasteiger partial charge in [0.15, 0.2) is 5.58 Å². The van der Waals surface area contributed by atoms with Gasteiger partial charge >= 0.3 is 0 Å². The van der Waals surface area contributed by atoms with E-state index >= 15 is 0 Å². The van der Waals surface area contributed by atoms with Gasteiger partial charge in [-0.25, -0.2) is 4.98 Å². The van der Waals surface area contributed by atoms with E-state index in [-0.39, 0.29) is 0 Å². The van der Waals surface area contributed by atoms with Gasteiger partial charge in [-0.2, -0.15) is 0 Å². The molecule has 0 fully saturated rings. The van der Waals surface area contributed by atoms with Crippen LogP contribution in [0.3, 0.4) is 0 Å². The van der Waals surface area contributed by atoms with Crippen LogP contribution in [-0.4, -0.2) is 4.98 Å². The van der Waals surface area contributed by atoms with Crippen LogP contribution < -0.4 is 4.90 Å². The van der Waals surface area contributed by atoms with E-state index in [2.05, 4.69) is 150 Å². The zero-order valence-electron chi connectivity index (χ0n) is 29.7. The van der Waals surface area contributed by atoms with Gasteiger partial charge in [-0.1, -0.05) is 140 Å². The summed E-state index contributed by atoms with van der Waals surface area (Å²) in [6, 6.07) is 68.1. The molecule has 11 rings (SSSR count). The standard InChI is InChI=1S/C51H32N2O2/c1-3-13-33(14-4-1)41-19-9-11-21-45(41)53(39-30-25-35-24-23-34-15-7-8-18-40(34)43(35)31-39)38-28-26-36(27-29-38)48-49-47(55-51(52-49)37-16-5-2-6-17-37)32-44-42-20-10-12-22-46(42)54-50(44)48/h1-32H. The number of benzene rings is 9. The van der Waals surface area contributed by atoms with Crippen LogP contribution in [0.25, 0.3) is 88.3 Å². The van der Waals surface area contributed by atoms with Gasteiger partial charge in [0.2, 0.25) is 5.89 Å². The van der Waals surface area contributed by atoms with Crippen molar-refractivity contribution in [1.29, 1.82) is 0 Å². The molecule has 2 aromatic heterocycles. The average Bonchev–Trinajstić information content (AvgIpc) is 3.85. The number of furan rings is 1. The van der Waals surface area contributed by atoms with Crippen molar-refractivity contribution < 1.29 is 8.83 Å². The van der Waals surface area contributed by atoms with Crippen molar-refractivity contribution in [3.05, 3.63) is 194 Å². The molecule has 4 heteroatoms. The summed E-state index contributed by atoms with van der Waals surface area (Å²) < 4.78 is 13.1. The van der Waals surface area contributed by atoms with Gasteiger partial charge in [-0.05, 0) is 87.3 Å². The molecule has 0 aliphatic carbocycles. The Morgan fingerprint density at radius 3 is 1.85 bits per heavy atom. The Bertz CT molecular complexity index is 3200. The first kappa shape index (κ1) is 31.1. The second-order valence-electron chi connectivity index (χ2n) is 13.9. The molecule has 0 unspecified atom stereocenters. The lowest BCUT2D eigenvalue weighted by atomic mass is 9.98. The lowest BCUT2D eigenvalue weighted by Crippen LogP contribution is -2.11. The number of nitrogens with zero attached hydrogens (tertiary/aromatic N) is 2. The number of hydrogen-bond acceptors (Lipinski definition) is 4. The Morgan fingerprint density at radius 1 is 0.400 bits per heavy atom. The lowest BCUT2D eigenvalue weighted by molar-refractivity contribution is 0.620. The predicted molar refractivity (Wildman–Crippen MR) is 227 cm³/mol. The fraction of sp³-hybridized carbons (Fsp3) is 0. The molecule has 0 saturated heterocycles. The van der Waals surface area contributed by atoms with E-state index in [0.29, 0.717) is 5.89 Å². The van der Waals surface area contributed by atoms with Crippen LogP contribution in [0.5, 0.6) is 0 Å². The smallest absolute Gasteiger partial charge is 0.227 e. The van der Waals surface area contributed by atoms with Gasteiger partial charge < -0.3 is 13.7 Å². The number of para-hydroxylation sites is 2. The fourth-order valence-corrected chi connectivity index (χ4v) is 8.08. The van der Waals surface area contributed by atoms with Gasteiger partial charge in [0, 0.05) is 33.3 Å². The maximum atomic E-state index is 6.63. The molecule has 0 aliphatic heterocycles. The van der Waals surface area contributed by atoms with Crippen molar-refractivity contribution >= 4 is 71.6 Å². The molecule has 9 aromatic carbocycles. The van der Waals surface area contributed by atoms with Gasteiger partial charge in [0.05, 0.1) is 11.3 Å². The van der Waals surface area contributed by atoms with Crippen molar-refractivity contribution in [2.45, 2.75) is 0 Å². The molecule has 55 heavy (non-hydrogen) atoms. The van der Waals surface area contributed by atoms with Crippen molar-refractivity contribution in [3.8, 4) is 33.7 Å². The first-order valence-corrected chi connectivity index (χ1v) is 18.5. The van der Waals surface area contributed by atoms with Crippen molar-refractivity contribution in [2.24, 2.45) is 0 Å². The summed E-state index contributed by atoms with van der Waals surface area (Å²) in [4.78, 5) is 7.46. The summed E-state index contributed by atoms with van der Waals surface area (Å²) in [6.07, 6.45) is 0. The predicted octanol–water partition coefficient (Wildman–Crippen LogP) is 14.5. The molecule has 0 amide bonds. The molecule has 0 aliphatic rings. The van der Waals surface area contributed by atoms with E-state index in [1.807, 2.05) is 48.5 Å². The first-order chi connectivity index (χ1) is 27.3. The van der Waals surface area contributed by atoms with Crippen LogP contribution in [-0.2, 0) is 0 Å². The number of rotatable bonds is 6. The zero-order chi connectivity index (χ0) is 36.3. The summed E-state index contributed by atoms with van der Waals surface area (Å²) in [5.41, 5.74) is 11.5. The van der Waals surface area contributed by atoms with E-state index in [9.17, 15) is 0 Å². The van der Waals surface area contributed by atoms with E-state index in [0.717, 1.165) is 77.9 Å². The normalized spacial score (nSPS) is 11.6. The highest BCUT2D eigenvalue weighted by molar-refractivity contribution is 6.17. The fourth-order valence-electron chi connectivity index (χ4n) is 8.08. The molecule has 258 valence electrons. The Balaban J connectivity index is 1.13. The molecular weight excluding hydrogens is 673 g/mol. The van der Waals surface area contributed by atoms with Crippen molar-refractivity contribution in [1.82, 2.24) is 4.98 Å². The Labute approximate surface area is 317 Å². The molecule has 0 atom stereocenters. The lowest BCUT2D eigenvalue weighted by Gasteiger charge is -2.28. The van der Waals surface area contributed by atoms with E-state index in [1.54, 1.807) is 0 Å². The van der Waals surface area contributed by atoms with Gasteiger partial charge in [0.25, 0.3) is 0 Å². The molecule has 0 radical (unpaired) electrons. The summed E-state index contributed by atoms with van der Waals surface area (Å²) in [5.74, 6) is 0.581. The van der Waals surface area contributed by atoms with E-state index in [1.165, 1.54) is 21.5 Å². The molecule has 0 bridgehead atoms. The Morgan fingerprint density at radius 2 is 1.04 bits per heavy atom. The summed E-state index contributed by atoms with van der Waals surface area (Å²) >= 11 is 0. The van der Waals surface area contributed by atoms with E-state index < -0.39 is 0 Å². The highest BCUT2D eigenvalue weighted by Crippen LogP contribution is 2.45. The zero-order valence-corrected chi connectivity index (χ0v) is 29.7. The van der Waals surface area contributed by atoms with Crippen LogP contribution in [0.1, 0.15) is 0 Å².